The number of rotatable bonds is 7. The number of nitrogens with one attached hydrogen (secondary N) is 2. The topological polar surface area (TPSA) is 114 Å². The lowest BCUT2D eigenvalue weighted by atomic mass is 10.2. The Labute approximate surface area is 164 Å². The van der Waals surface area contributed by atoms with Crippen LogP contribution < -0.4 is 10.0 Å². The van der Waals surface area contributed by atoms with E-state index < -0.39 is 10.0 Å². The number of aromatic nitrogens is 2. The summed E-state index contributed by atoms with van der Waals surface area (Å²) in [5.41, 5.74) is 1.03. The molecule has 0 saturated carbocycles. The summed E-state index contributed by atoms with van der Waals surface area (Å²) in [7, 11) is -2.21. The Hall–Kier alpha value is -2.76. The quantitative estimate of drug-likeness (QED) is 0.562. The molecule has 0 fully saturated rings. The van der Waals surface area contributed by atoms with Crippen molar-refractivity contribution in [1.82, 2.24) is 14.9 Å². The molecule has 0 atom stereocenters. The maximum absolute atomic E-state index is 12.9. The first-order chi connectivity index (χ1) is 13.4. The molecule has 8 nitrogen and oxygen atoms in total. The fourth-order valence-corrected chi connectivity index (χ4v) is 3.43. The zero-order valence-corrected chi connectivity index (χ0v) is 16.2. The Kier molecular flexibility index (Phi) is 6.07. The second-order valence-electron chi connectivity index (χ2n) is 5.45. The number of thioether (sulfide) groups is 1. The van der Waals surface area contributed by atoms with E-state index in [0.717, 1.165) is 11.8 Å². The van der Waals surface area contributed by atoms with Crippen LogP contribution in [0.25, 0.3) is 11.5 Å². The smallest absolute Gasteiger partial charge is 0.277 e. The lowest BCUT2D eigenvalue weighted by Crippen LogP contribution is -2.18. The van der Waals surface area contributed by atoms with Gasteiger partial charge in [0.15, 0.2) is 0 Å². The highest BCUT2D eigenvalue weighted by atomic mass is 32.2. The normalized spacial score (nSPS) is 11.4. The van der Waals surface area contributed by atoms with Gasteiger partial charge in [-0.2, -0.15) is 0 Å². The molecule has 0 aliphatic heterocycles. The molecule has 0 aliphatic rings. The van der Waals surface area contributed by atoms with Crippen LogP contribution in [-0.4, -0.2) is 37.3 Å². The largest absolute Gasteiger partial charge is 0.411 e. The van der Waals surface area contributed by atoms with Crippen LogP contribution in [0.4, 0.5) is 10.1 Å². The van der Waals surface area contributed by atoms with Crippen molar-refractivity contribution in [3.63, 3.8) is 0 Å². The van der Waals surface area contributed by atoms with Gasteiger partial charge in [0.1, 0.15) is 5.82 Å². The second-order valence-corrected chi connectivity index (χ2v) is 8.26. The highest BCUT2D eigenvalue weighted by Gasteiger charge is 2.13. The molecule has 1 aromatic heterocycles. The third kappa shape index (κ3) is 4.94. The van der Waals surface area contributed by atoms with Crippen LogP contribution in [0.1, 0.15) is 0 Å². The van der Waals surface area contributed by atoms with Gasteiger partial charge in [0, 0.05) is 11.3 Å². The zero-order chi connectivity index (χ0) is 20.1. The van der Waals surface area contributed by atoms with Crippen molar-refractivity contribution >= 4 is 33.4 Å². The first-order valence-electron chi connectivity index (χ1n) is 7.93. The molecule has 146 valence electrons. The van der Waals surface area contributed by atoms with Gasteiger partial charge in [-0.05, 0) is 55.6 Å². The number of nitrogens with zero attached hydrogens (tertiary/aromatic N) is 2. The fourth-order valence-electron chi connectivity index (χ4n) is 2.14. The van der Waals surface area contributed by atoms with Crippen LogP contribution in [-0.2, 0) is 14.8 Å². The minimum absolute atomic E-state index is 0.0155. The Balaban J connectivity index is 1.55. The second kappa shape index (κ2) is 8.50. The molecule has 2 N–H and O–H groups in total. The Morgan fingerprint density at radius 3 is 2.43 bits per heavy atom. The van der Waals surface area contributed by atoms with E-state index in [4.69, 9.17) is 4.42 Å². The van der Waals surface area contributed by atoms with Crippen molar-refractivity contribution in [3.8, 4) is 11.5 Å². The van der Waals surface area contributed by atoms with Gasteiger partial charge in [0.25, 0.3) is 5.22 Å². The summed E-state index contributed by atoms with van der Waals surface area (Å²) >= 11 is 1.05. The molecule has 11 heteroatoms. The van der Waals surface area contributed by atoms with E-state index in [0.29, 0.717) is 11.3 Å². The summed E-state index contributed by atoms with van der Waals surface area (Å²) in [5.74, 6) is -0.451. The van der Waals surface area contributed by atoms with Gasteiger partial charge in [0.05, 0.1) is 10.6 Å². The van der Waals surface area contributed by atoms with Crippen LogP contribution >= 0.6 is 11.8 Å². The molecule has 3 rings (SSSR count). The van der Waals surface area contributed by atoms with Gasteiger partial charge in [-0.25, -0.2) is 17.5 Å². The Bertz CT molecular complexity index is 1070. The number of carbonyl (C=O) groups is 1. The minimum atomic E-state index is -3.53. The minimum Gasteiger partial charge on any atom is -0.411 e. The van der Waals surface area contributed by atoms with E-state index in [1.807, 2.05) is 0 Å². The van der Waals surface area contributed by atoms with Crippen LogP contribution in [0.5, 0.6) is 0 Å². The van der Waals surface area contributed by atoms with Crippen molar-refractivity contribution in [3.05, 3.63) is 54.3 Å². The maximum Gasteiger partial charge on any atom is 0.277 e. The summed E-state index contributed by atoms with van der Waals surface area (Å²) in [6.45, 7) is 0. The number of carbonyl (C=O) groups excluding carboxylic acids is 1. The number of benzene rings is 2. The SMILES string of the molecule is CNS(=O)(=O)c1ccc(NC(=O)CSc2nnc(-c3ccc(F)cc3)o2)cc1. The molecule has 0 bridgehead atoms. The molecule has 2 aromatic carbocycles. The molecule has 3 aromatic rings. The third-order valence-corrected chi connectivity index (χ3v) is 5.79. The summed E-state index contributed by atoms with van der Waals surface area (Å²) in [5, 5.41) is 10.6. The Morgan fingerprint density at radius 2 is 1.79 bits per heavy atom. The van der Waals surface area contributed by atoms with Gasteiger partial charge in [-0.15, -0.1) is 10.2 Å². The van der Waals surface area contributed by atoms with Crippen molar-refractivity contribution in [1.29, 1.82) is 0 Å². The summed E-state index contributed by atoms with van der Waals surface area (Å²) < 4.78 is 43.9. The first kappa shape index (κ1) is 20.0. The van der Waals surface area contributed by atoms with Crippen LogP contribution in [0.3, 0.4) is 0 Å². The standard InChI is InChI=1S/C17H15FN4O4S2/c1-19-28(24,25)14-8-6-13(7-9-14)20-15(23)10-27-17-22-21-16(26-17)11-2-4-12(18)5-3-11/h2-9,19H,10H2,1H3,(H,20,23). The van der Waals surface area contributed by atoms with E-state index in [1.165, 1.54) is 55.6 Å². The highest BCUT2D eigenvalue weighted by Crippen LogP contribution is 2.23. The summed E-state index contributed by atoms with van der Waals surface area (Å²) in [4.78, 5) is 12.1. The van der Waals surface area contributed by atoms with E-state index >= 15 is 0 Å². The van der Waals surface area contributed by atoms with Gasteiger partial charge in [-0.3, -0.25) is 4.79 Å². The fraction of sp³-hybridized carbons (Fsp3) is 0.118. The number of hydrogen-bond acceptors (Lipinski definition) is 7. The van der Waals surface area contributed by atoms with E-state index in [1.54, 1.807) is 0 Å². The molecule has 0 spiro atoms. The van der Waals surface area contributed by atoms with Gasteiger partial charge in [0.2, 0.25) is 21.8 Å². The molecule has 0 unspecified atom stereocenters. The van der Waals surface area contributed by atoms with Gasteiger partial charge >= 0.3 is 0 Å². The number of anilines is 1. The summed E-state index contributed by atoms with van der Waals surface area (Å²) in [6, 6.07) is 11.4. The molecule has 1 amide bonds. The number of halogens is 1. The van der Waals surface area contributed by atoms with E-state index in [2.05, 4.69) is 20.2 Å². The van der Waals surface area contributed by atoms with E-state index in [-0.39, 0.29) is 33.5 Å². The van der Waals surface area contributed by atoms with Crippen LogP contribution in [0.2, 0.25) is 0 Å². The van der Waals surface area contributed by atoms with E-state index in [9.17, 15) is 17.6 Å². The van der Waals surface area contributed by atoms with Gasteiger partial charge in [-0.1, -0.05) is 11.8 Å². The predicted molar refractivity (Wildman–Crippen MR) is 102 cm³/mol. The van der Waals surface area contributed by atoms with Crippen LogP contribution in [0, 0.1) is 5.82 Å². The predicted octanol–water partition coefficient (Wildman–Crippen LogP) is 2.51. The summed E-state index contributed by atoms with van der Waals surface area (Å²) in [6.07, 6.45) is 0. The number of hydrogen-bond donors (Lipinski definition) is 2. The molecular formula is C17H15FN4O4S2. The molecule has 1 heterocycles. The van der Waals surface area contributed by atoms with Crippen molar-refractivity contribution < 1.29 is 22.0 Å². The first-order valence-corrected chi connectivity index (χ1v) is 10.4. The average molecular weight is 422 g/mol. The van der Waals surface area contributed by atoms with Crippen LogP contribution in [0.15, 0.2) is 63.1 Å². The van der Waals surface area contributed by atoms with Gasteiger partial charge < -0.3 is 9.73 Å². The van der Waals surface area contributed by atoms with Crippen molar-refractivity contribution in [2.75, 3.05) is 18.1 Å². The van der Waals surface area contributed by atoms with Crippen molar-refractivity contribution in [2.24, 2.45) is 0 Å². The lowest BCUT2D eigenvalue weighted by molar-refractivity contribution is -0.113. The average Bonchev–Trinajstić information content (AvgIpc) is 3.16. The molecule has 0 radical (unpaired) electrons. The number of sulfonamides is 1. The monoisotopic (exact) mass is 422 g/mol. The van der Waals surface area contributed by atoms with Crippen molar-refractivity contribution in [2.45, 2.75) is 10.1 Å². The maximum atomic E-state index is 12.9. The molecule has 28 heavy (non-hydrogen) atoms. The molecule has 0 aliphatic carbocycles. The third-order valence-electron chi connectivity index (χ3n) is 3.54. The lowest BCUT2D eigenvalue weighted by Gasteiger charge is -2.06. The molecule has 0 saturated heterocycles. The number of amides is 1. The highest BCUT2D eigenvalue weighted by molar-refractivity contribution is 7.99. The Morgan fingerprint density at radius 1 is 1.11 bits per heavy atom. The molecular weight excluding hydrogens is 407 g/mol. The zero-order valence-electron chi connectivity index (χ0n) is 14.5.